The highest BCUT2D eigenvalue weighted by Crippen LogP contribution is 2.13. The molecule has 0 amide bonds. The van der Waals surface area contributed by atoms with E-state index in [9.17, 15) is 4.79 Å². The van der Waals surface area contributed by atoms with Crippen molar-refractivity contribution in [3.8, 4) is 0 Å². The van der Waals surface area contributed by atoms with Crippen molar-refractivity contribution in [1.82, 2.24) is 0 Å². The summed E-state index contributed by atoms with van der Waals surface area (Å²) in [6.07, 6.45) is 6.06. The quantitative estimate of drug-likeness (QED) is 0.703. The van der Waals surface area contributed by atoms with Crippen molar-refractivity contribution in [2.75, 3.05) is 13.2 Å². The van der Waals surface area contributed by atoms with E-state index in [0.717, 1.165) is 38.7 Å². The summed E-state index contributed by atoms with van der Waals surface area (Å²) in [5.74, 6) is -0.289. The molecule has 0 saturated carbocycles. The molecule has 4 heteroatoms. The predicted octanol–water partition coefficient (Wildman–Crippen LogP) is 1.62. The zero-order valence-electron chi connectivity index (χ0n) is 10.1. The standard InChI is InChI=1S/C12H23NO3/c1-2-3-7-11(13)12(14)16-9-10-6-4-5-8-15-10/h10-11H,2-9,13H2,1H3. The highest BCUT2D eigenvalue weighted by Gasteiger charge is 2.19. The zero-order chi connectivity index (χ0) is 11.8. The first-order valence-corrected chi connectivity index (χ1v) is 6.28. The van der Waals surface area contributed by atoms with Gasteiger partial charge in [0.1, 0.15) is 12.6 Å². The fourth-order valence-corrected chi connectivity index (χ4v) is 1.76. The first kappa shape index (κ1) is 13.5. The van der Waals surface area contributed by atoms with Gasteiger partial charge >= 0.3 is 5.97 Å². The van der Waals surface area contributed by atoms with Crippen molar-refractivity contribution in [2.24, 2.45) is 5.73 Å². The maximum Gasteiger partial charge on any atom is 0.322 e. The maximum absolute atomic E-state index is 11.5. The molecule has 1 aliphatic rings. The summed E-state index contributed by atoms with van der Waals surface area (Å²) >= 11 is 0. The third-order valence-electron chi connectivity index (χ3n) is 2.86. The minimum absolute atomic E-state index is 0.0797. The van der Waals surface area contributed by atoms with Gasteiger partial charge in [-0.05, 0) is 25.7 Å². The average Bonchev–Trinajstić information content (AvgIpc) is 2.34. The second-order valence-corrected chi connectivity index (χ2v) is 4.37. The van der Waals surface area contributed by atoms with Crippen molar-refractivity contribution < 1.29 is 14.3 Å². The van der Waals surface area contributed by atoms with Gasteiger partial charge in [-0.25, -0.2) is 0 Å². The Labute approximate surface area is 97.5 Å². The molecule has 1 saturated heterocycles. The minimum Gasteiger partial charge on any atom is -0.462 e. The Kier molecular flexibility index (Phi) is 6.42. The summed E-state index contributed by atoms with van der Waals surface area (Å²) in [6.45, 7) is 3.22. The number of esters is 1. The number of hydrogen-bond donors (Lipinski definition) is 1. The van der Waals surface area contributed by atoms with Crippen LogP contribution in [0.1, 0.15) is 45.4 Å². The molecule has 0 radical (unpaired) electrons. The van der Waals surface area contributed by atoms with E-state index in [-0.39, 0.29) is 12.1 Å². The van der Waals surface area contributed by atoms with E-state index in [1.54, 1.807) is 0 Å². The Morgan fingerprint density at radius 2 is 2.38 bits per heavy atom. The molecule has 16 heavy (non-hydrogen) atoms. The van der Waals surface area contributed by atoms with Crippen LogP contribution in [0.3, 0.4) is 0 Å². The molecule has 1 rings (SSSR count). The van der Waals surface area contributed by atoms with Gasteiger partial charge in [-0.3, -0.25) is 4.79 Å². The first-order chi connectivity index (χ1) is 7.74. The summed E-state index contributed by atoms with van der Waals surface area (Å²) in [7, 11) is 0. The SMILES string of the molecule is CCCCC(N)C(=O)OCC1CCCCO1. The molecule has 2 unspecified atom stereocenters. The Bertz CT molecular complexity index is 202. The molecule has 94 valence electrons. The fourth-order valence-electron chi connectivity index (χ4n) is 1.76. The topological polar surface area (TPSA) is 61.6 Å². The van der Waals surface area contributed by atoms with Gasteiger partial charge in [0.25, 0.3) is 0 Å². The summed E-state index contributed by atoms with van der Waals surface area (Å²) in [5, 5.41) is 0. The summed E-state index contributed by atoms with van der Waals surface area (Å²) in [5.41, 5.74) is 5.70. The van der Waals surface area contributed by atoms with Crippen molar-refractivity contribution in [3.63, 3.8) is 0 Å². The molecule has 0 aromatic heterocycles. The normalized spacial score (nSPS) is 22.8. The molecule has 1 heterocycles. The fraction of sp³-hybridized carbons (Fsp3) is 0.917. The van der Waals surface area contributed by atoms with Crippen LogP contribution in [0.25, 0.3) is 0 Å². The number of hydrogen-bond acceptors (Lipinski definition) is 4. The first-order valence-electron chi connectivity index (χ1n) is 6.28. The third-order valence-corrected chi connectivity index (χ3v) is 2.86. The molecule has 2 N–H and O–H groups in total. The minimum atomic E-state index is -0.469. The zero-order valence-corrected chi connectivity index (χ0v) is 10.1. The highest BCUT2D eigenvalue weighted by atomic mass is 16.6. The lowest BCUT2D eigenvalue weighted by molar-refractivity contribution is -0.150. The largest absolute Gasteiger partial charge is 0.462 e. The van der Waals surface area contributed by atoms with Crippen LogP contribution < -0.4 is 5.73 Å². The number of rotatable bonds is 6. The molecule has 4 nitrogen and oxygen atoms in total. The van der Waals surface area contributed by atoms with E-state index in [1.807, 2.05) is 0 Å². The predicted molar refractivity (Wildman–Crippen MR) is 62.1 cm³/mol. The van der Waals surface area contributed by atoms with Crippen LogP contribution in [0.2, 0.25) is 0 Å². The molecule has 0 spiro atoms. The summed E-state index contributed by atoms with van der Waals surface area (Å²) < 4.78 is 10.6. The van der Waals surface area contributed by atoms with E-state index in [1.165, 1.54) is 0 Å². The van der Waals surface area contributed by atoms with Crippen molar-refractivity contribution in [2.45, 2.75) is 57.6 Å². The van der Waals surface area contributed by atoms with Crippen molar-refractivity contribution >= 4 is 5.97 Å². The Hall–Kier alpha value is -0.610. The molecule has 1 aliphatic heterocycles. The van der Waals surface area contributed by atoms with E-state index in [4.69, 9.17) is 15.2 Å². The van der Waals surface area contributed by atoms with Crippen molar-refractivity contribution in [3.05, 3.63) is 0 Å². The number of nitrogens with two attached hydrogens (primary N) is 1. The summed E-state index contributed by atoms with van der Waals surface area (Å²) in [6, 6.07) is -0.469. The second-order valence-electron chi connectivity index (χ2n) is 4.37. The van der Waals surface area contributed by atoms with Gasteiger partial charge in [-0.15, -0.1) is 0 Å². The maximum atomic E-state index is 11.5. The van der Waals surface area contributed by atoms with Gasteiger partial charge in [0, 0.05) is 6.61 Å². The monoisotopic (exact) mass is 229 g/mol. The van der Waals surface area contributed by atoms with Gasteiger partial charge in [0.2, 0.25) is 0 Å². The molecular weight excluding hydrogens is 206 g/mol. The van der Waals surface area contributed by atoms with Crippen LogP contribution in [0.4, 0.5) is 0 Å². The van der Waals surface area contributed by atoms with Crippen LogP contribution in [0.15, 0.2) is 0 Å². The number of carbonyl (C=O) groups excluding carboxylic acids is 1. The molecule has 0 aliphatic carbocycles. The van der Waals surface area contributed by atoms with Crippen molar-refractivity contribution in [1.29, 1.82) is 0 Å². The molecule has 0 bridgehead atoms. The summed E-state index contributed by atoms with van der Waals surface area (Å²) in [4.78, 5) is 11.5. The molecular formula is C12H23NO3. The van der Waals surface area contributed by atoms with Crippen LogP contribution in [-0.2, 0) is 14.3 Å². The highest BCUT2D eigenvalue weighted by molar-refractivity contribution is 5.75. The lowest BCUT2D eigenvalue weighted by Gasteiger charge is -2.22. The van der Waals surface area contributed by atoms with E-state index in [2.05, 4.69) is 6.92 Å². The molecule has 2 atom stereocenters. The van der Waals surface area contributed by atoms with Gasteiger partial charge in [0.15, 0.2) is 0 Å². The van der Waals surface area contributed by atoms with Gasteiger partial charge in [-0.2, -0.15) is 0 Å². The number of carbonyl (C=O) groups is 1. The smallest absolute Gasteiger partial charge is 0.322 e. The molecule has 1 fully saturated rings. The Morgan fingerprint density at radius 3 is 3.00 bits per heavy atom. The number of unbranched alkanes of at least 4 members (excludes halogenated alkanes) is 1. The van der Waals surface area contributed by atoms with E-state index >= 15 is 0 Å². The molecule has 0 aromatic rings. The lowest BCUT2D eigenvalue weighted by Crippen LogP contribution is -2.35. The van der Waals surface area contributed by atoms with Gasteiger partial charge in [0.05, 0.1) is 6.10 Å². The van der Waals surface area contributed by atoms with Crippen LogP contribution in [0.5, 0.6) is 0 Å². The third kappa shape index (κ3) is 4.94. The van der Waals surface area contributed by atoms with E-state index in [0.29, 0.717) is 13.0 Å². The molecule has 0 aromatic carbocycles. The second kappa shape index (κ2) is 7.63. The number of ether oxygens (including phenoxy) is 2. The van der Waals surface area contributed by atoms with Crippen LogP contribution >= 0.6 is 0 Å². The Balaban J connectivity index is 2.12. The Morgan fingerprint density at radius 1 is 1.56 bits per heavy atom. The van der Waals surface area contributed by atoms with Gasteiger partial charge < -0.3 is 15.2 Å². The van der Waals surface area contributed by atoms with E-state index < -0.39 is 6.04 Å². The lowest BCUT2D eigenvalue weighted by atomic mass is 10.1. The average molecular weight is 229 g/mol. The van der Waals surface area contributed by atoms with Crippen LogP contribution in [0, 0.1) is 0 Å². The van der Waals surface area contributed by atoms with Crippen LogP contribution in [-0.4, -0.2) is 31.3 Å². The van der Waals surface area contributed by atoms with Gasteiger partial charge in [-0.1, -0.05) is 19.8 Å².